The molecule has 0 radical (unpaired) electrons. The van der Waals surface area contributed by atoms with Gasteiger partial charge in [0.05, 0.1) is 7.11 Å². The molecule has 0 aliphatic rings. The van der Waals surface area contributed by atoms with Gasteiger partial charge in [-0.2, -0.15) is 0 Å². The van der Waals surface area contributed by atoms with Crippen molar-refractivity contribution in [3.63, 3.8) is 0 Å². The third-order valence-corrected chi connectivity index (χ3v) is 3.08. The van der Waals surface area contributed by atoms with Gasteiger partial charge in [0, 0.05) is 24.3 Å². The summed E-state index contributed by atoms with van der Waals surface area (Å²) >= 11 is 0. The number of rotatable bonds is 9. The van der Waals surface area contributed by atoms with Crippen molar-refractivity contribution in [1.29, 1.82) is 0 Å². The topological polar surface area (TPSA) is 49.8 Å². The van der Waals surface area contributed by atoms with Gasteiger partial charge >= 0.3 is 0 Å². The van der Waals surface area contributed by atoms with E-state index < -0.39 is 0 Å². The monoisotopic (exact) mass is 265 g/mol. The maximum absolute atomic E-state index is 10.8. The molecule has 0 saturated carbocycles. The van der Waals surface area contributed by atoms with Crippen molar-refractivity contribution in [2.45, 2.75) is 25.8 Å². The fraction of sp³-hybridized carbons (Fsp3) is 0.533. The average Bonchev–Trinajstić information content (AvgIpc) is 2.43. The van der Waals surface area contributed by atoms with Crippen molar-refractivity contribution in [3.8, 4) is 5.75 Å². The highest BCUT2D eigenvalue weighted by Crippen LogP contribution is 2.20. The minimum Gasteiger partial charge on any atom is -0.496 e. The lowest BCUT2D eigenvalue weighted by Crippen LogP contribution is -2.19. The molecule has 4 nitrogen and oxygen atoms in total. The second-order valence-corrected chi connectivity index (χ2v) is 4.71. The molecule has 0 heterocycles. The van der Waals surface area contributed by atoms with Crippen LogP contribution in [0.4, 0.5) is 0 Å². The molecule has 0 aliphatic heterocycles. The summed E-state index contributed by atoms with van der Waals surface area (Å²) in [4.78, 5) is 13.0. The summed E-state index contributed by atoms with van der Waals surface area (Å²) in [6, 6.07) is 5.46. The van der Waals surface area contributed by atoms with Crippen molar-refractivity contribution in [2.24, 2.45) is 0 Å². The van der Waals surface area contributed by atoms with E-state index in [4.69, 9.17) is 9.84 Å². The normalized spacial score (nSPS) is 10.7. The number of methoxy groups -OCH3 is 1. The van der Waals surface area contributed by atoms with Crippen LogP contribution in [0.5, 0.6) is 5.75 Å². The number of hydrogen-bond acceptors (Lipinski definition) is 4. The number of ether oxygens (including phenoxy) is 1. The Kier molecular flexibility index (Phi) is 7.15. The fourth-order valence-corrected chi connectivity index (χ4v) is 2.04. The summed E-state index contributed by atoms with van der Waals surface area (Å²) in [6.07, 6.45) is 3.81. The van der Waals surface area contributed by atoms with Gasteiger partial charge in [0.15, 0.2) is 0 Å². The lowest BCUT2D eigenvalue weighted by molar-refractivity contribution is 0.112. The molecule has 0 saturated heterocycles. The third-order valence-electron chi connectivity index (χ3n) is 3.08. The molecule has 0 bridgehead atoms. The minimum absolute atomic E-state index is 0.263. The van der Waals surface area contributed by atoms with Crippen LogP contribution in [0.2, 0.25) is 0 Å². The van der Waals surface area contributed by atoms with Crippen LogP contribution in [0.1, 0.15) is 35.2 Å². The summed E-state index contributed by atoms with van der Waals surface area (Å²) in [5.74, 6) is 0.813. The maximum atomic E-state index is 10.8. The van der Waals surface area contributed by atoms with Crippen molar-refractivity contribution >= 4 is 6.29 Å². The molecule has 106 valence electrons. The number of aliphatic hydroxyl groups is 1. The molecule has 0 amide bonds. The Labute approximate surface area is 115 Å². The number of carbonyl (C=O) groups is 1. The van der Waals surface area contributed by atoms with Crippen molar-refractivity contribution < 1.29 is 14.6 Å². The zero-order valence-electron chi connectivity index (χ0n) is 11.8. The quantitative estimate of drug-likeness (QED) is 0.549. The Morgan fingerprint density at radius 2 is 2.11 bits per heavy atom. The predicted octanol–water partition coefficient (Wildman–Crippen LogP) is 2.10. The van der Waals surface area contributed by atoms with Crippen LogP contribution >= 0.6 is 0 Å². The fourth-order valence-electron chi connectivity index (χ4n) is 2.04. The van der Waals surface area contributed by atoms with Crippen molar-refractivity contribution in [3.05, 3.63) is 29.3 Å². The summed E-state index contributed by atoms with van der Waals surface area (Å²) in [6.45, 7) is 1.98. The van der Waals surface area contributed by atoms with E-state index in [1.807, 2.05) is 19.2 Å². The second-order valence-electron chi connectivity index (χ2n) is 4.71. The number of carbonyl (C=O) groups excluding carboxylic acids is 1. The first-order valence-electron chi connectivity index (χ1n) is 6.62. The molecule has 4 heteroatoms. The number of unbranched alkanes of at least 4 members (excludes halogenated alkanes) is 2. The van der Waals surface area contributed by atoms with Gasteiger partial charge in [0.25, 0.3) is 0 Å². The van der Waals surface area contributed by atoms with Gasteiger partial charge in [-0.1, -0.05) is 0 Å². The molecule has 1 aromatic rings. The Morgan fingerprint density at radius 1 is 1.32 bits per heavy atom. The van der Waals surface area contributed by atoms with E-state index in [-0.39, 0.29) is 6.61 Å². The van der Waals surface area contributed by atoms with E-state index in [0.29, 0.717) is 5.56 Å². The van der Waals surface area contributed by atoms with E-state index in [2.05, 4.69) is 4.90 Å². The average molecular weight is 265 g/mol. The Balaban J connectivity index is 2.56. The third kappa shape index (κ3) is 5.41. The molecular weight excluding hydrogens is 242 g/mol. The molecule has 0 fully saturated rings. The summed E-state index contributed by atoms with van der Waals surface area (Å²) in [5, 5.41) is 8.73. The van der Waals surface area contributed by atoms with Crippen molar-refractivity contribution in [2.75, 3.05) is 27.3 Å². The largest absolute Gasteiger partial charge is 0.496 e. The lowest BCUT2D eigenvalue weighted by Gasteiger charge is -2.18. The Bertz CT molecular complexity index is 393. The van der Waals surface area contributed by atoms with Crippen LogP contribution in [0.3, 0.4) is 0 Å². The molecule has 1 aromatic carbocycles. The second kappa shape index (κ2) is 8.67. The van der Waals surface area contributed by atoms with E-state index >= 15 is 0 Å². The van der Waals surface area contributed by atoms with Gasteiger partial charge in [-0.3, -0.25) is 4.79 Å². The SMILES string of the molecule is COc1ccc(C=O)cc1CN(C)CCCCCO. The zero-order valence-corrected chi connectivity index (χ0v) is 11.8. The van der Waals surface area contributed by atoms with E-state index in [0.717, 1.165) is 50.0 Å². The molecule has 0 aliphatic carbocycles. The molecule has 0 aromatic heterocycles. The molecule has 0 unspecified atom stereocenters. The first-order valence-corrected chi connectivity index (χ1v) is 6.62. The van der Waals surface area contributed by atoms with Gasteiger partial charge in [0.1, 0.15) is 12.0 Å². The van der Waals surface area contributed by atoms with Crippen LogP contribution < -0.4 is 4.74 Å². The van der Waals surface area contributed by atoms with Crippen LogP contribution in [-0.4, -0.2) is 43.6 Å². The van der Waals surface area contributed by atoms with Crippen LogP contribution in [0, 0.1) is 0 Å². The Morgan fingerprint density at radius 3 is 2.74 bits per heavy atom. The van der Waals surface area contributed by atoms with Gasteiger partial charge in [-0.15, -0.1) is 0 Å². The summed E-state index contributed by atoms with van der Waals surface area (Å²) in [5.41, 5.74) is 1.70. The maximum Gasteiger partial charge on any atom is 0.150 e. The zero-order chi connectivity index (χ0) is 14.1. The van der Waals surface area contributed by atoms with E-state index in [9.17, 15) is 4.79 Å². The smallest absolute Gasteiger partial charge is 0.150 e. The van der Waals surface area contributed by atoms with Gasteiger partial charge < -0.3 is 14.7 Å². The molecule has 1 rings (SSSR count). The minimum atomic E-state index is 0.263. The van der Waals surface area contributed by atoms with Crippen molar-refractivity contribution in [1.82, 2.24) is 4.90 Å². The lowest BCUT2D eigenvalue weighted by atomic mass is 10.1. The van der Waals surface area contributed by atoms with Crippen LogP contribution in [-0.2, 0) is 6.54 Å². The molecule has 19 heavy (non-hydrogen) atoms. The first-order chi connectivity index (χ1) is 9.21. The standard InChI is InChI=1S/C15H23NO3/c1-16(8-4-3-5-9-17)11-14-10-13(12-18)6-7-15(14)19-2/h6-7,10,12,17H,3-5,8-9,11H2,1-2H3. The molecular formula is C15H23NO3. The highest BCUT2D eigenvalue weighted by atomic mass is 16.5. The Hall–Kier alpha value is -1.39. The number of nitrogens with zero attached hydrogens (tertiary/aromatic N) is 1. The van der Waals surface area contributed by atoms with Gasteiger partial charge in [-0.25, -0.2) is 0 Å². The molecule has 0 atom stereocenters. The van der Waals surface area contributed by atoms with Gasteiger partial charge in [0.2, 0.25) is 0 Å². The number of benzene rings is 1. The molecule has 1 N–H and O–H groups in total. The van der Waals surface area contributed by atoms with Gasteiger partial charge in [-0.05, 0) is 51.1 Å². The number of aliphatic hydroxyl groups excluding tert-OH is 1. The number of aldehydes is 1. The van der Waals surface area contributed by atoms with E-state index in [1.165, 1.54) is 0 Å². The van der Waals surface area contributed by atoms with E-state index in [1.54, 1.807) is 13.2 Å². The molecule has 0 spiro atoms. The van der Waals surface area contributed by atoms with Crippen LogP contribution in [0.25, 0.3) is 0 Å². The summed E-state index contributed by atoms with van der Waals surface area (Å²) in [7, 11) is 3.69. The number of hydrogen-bond donors (Lipinski definition) is 1. The highest BCUT2D eigenvalue weighted by Gasteiger charge is 2.07. The van der Waals surface area contributed by atoms with Crippen LogP contribution in [0.15, 0.2) is 18.2 Å². The summed E-state index contributed by atoms with van der Waals surface area (Å²) < 4.78 is 5.31. The first kappa shape index (κ1) is 15.7. The highest BCUT2D eigenvalue weighted by molar-refractivity contribution is 5.75. The predicted molar refractivity (Wildman–Crippen MR) is 75.7 cm³/mol.